The van der Waals surface area contributed by atoms with Crippen LogP contribution in [0.5, 0.6) is 23.0 Å². The van der Waals surface area contributed by atoms with Crippen LogP contribution in [0.4, 0.5) is 0 Å². The molecule has 0 fully saturated rings. The van der Waals surface area contributed by atoms with E-state index in [-0.39, 0.29) is 5.78 Å². The molecule has 5 nitrogen and oxygen atoms in total. The van der Waals surface area contributed by atoms with Gasteiger partial charge in [0.1, 0.15) is 0 Å². The van der Waals surface area contributed by atoms with Crippen molar-refractivity contribution < 1.29 is 23.7 Å². The predicted octanol–water partition coefficient (Wildman–Crippen LogP) is 4.51. The summed E-state index contributed by atoms with van der Waals surface area (Å²) in [7, 11) is 0. The third-order valence-corrected chi connectivity index (χ3v) is 3.62. The van der Waals surface area contributed by atoms with Crippen molar-refractivity contribution in [1.82, 2.24) is 0 Å². The summed E-state index contributed by atoms with van der Waals surface area (Å²) in [6.45, 7) is 9.37. The van der Waals surface area contributed by atoms with Crippen molar-refractivity contribution in [3.8, 4) is 23.0 Å². The van der Waals surface area contributed by atoms with E-state index in [0.29, 0.717) is 60.6 Å². The Hall–Kier alpha value is -2.69. The van der Waals surface area contributed by atoms with E-state index in [9.17, 15) is 4.79 Å². The SMILES string of the molecule is CCOc1cccc(C(=O)c2cccc(OCC)c2OCC)c1OCC. The quantitative estimate of drug-likeness (QED) is 0.585. The second-order valence-corrected chi connectivity index (χ2v) is 5.33. The lowest BCUT2D eigenvalue weighted by Gasteiger charge is -2.17. The van der Waals surface area contributed by atoms with E-state index in [4.69, 9.17) is 18.9 Å². The van der Waals surface area contributed by atoms with Crippen LogP contribution >= 0.6 is 0 Å². The maximum absolute atomic E-state index is 13.3. The zero-order valence-corrected chi connectivity index (χ0v) is 15.8. The summed E-state index contributed by atoms with van der Waals surface area (Å²) in [5.41, 5.74) is 0.875. The first kappa shape index (κ1) is 19.6. The van der Waals surface area contributed by atoms with Crippen LogP contribution in [0.3, 0.4) is 0 Å². The van der Waals surface area contributed by atoms with Gasteiger partial charge in [-0.1, -0.05) is 12.1 Å². The third kappa shape index (κ3) is 4.28. The second-order valence-electron chi connectivity index (χ2n) is 5.33. The van der Waals surface area contributed by atoms with Gasteiger partial charge in [0.15, 0.2) is 23.0 Å². The first-order valence-corrected chi connectivity index (χ1v) is 8.99. The van der Waals surface area contributed by atoms with Crippen LogP contribution in [0.1, 0.15) is 43.6 Å². The minimum Gasteiger partial charge on any atom is -0.490 e. The van der Waals surface area contributed by atoms with Gasteiger partial charge in [-0.3, -0.25) is 4.79 Å². The highest BCUT2D eigenvalue weighted by molar-refractivity contribution is 6.13. The standard InChI is InChI=1S/C21H26O5/c1-5-23-17-13-9-11-15(20(17)25-7-3)19(22)16-12-10-14-18(24-6-2)21(16)26-8-4/h9-14H,5-8H2,1-4H3. The molecule has 0 N–H and O–H groups in total. The number of hydrogen-bond donors (Lipinski definition) is 0. The minimum atomic E-state index is -0.194. The third-order valence-electron chi connectivity index (χ3n) is 3.62. The molecule has 0 aromatic heterocycles. The molecule has 5 heteroatoms. The molecule has 0 aliphatic rings. The smallest absolute Gasteiger partial charge is 0.200 e. The van der Waals surface area contributed by atoms with E-state index < -0.39 is 0 Å². The number of benzene rings is 2. The van der Waals surface area contributed by atoms with Crippen LogP contribution in [0.25, 0.3) is 0 Å². The molecule has 2 aromatic carbocycles. The Morgan fingerprint density at radius 3 is 1.38 bits per heavy atom. The number of hydrogen-bond acceptors (Lipinski definition) is 5. The van der Waals surface area contributed by atoms with Crippen molar-refractivity contribution in [3.63, 3.8) is 0 Å². The zero-order valence-electron chi connectivity index (χ0n) is 15.8. The highest BCUT2D eigenvalue weighted by atomic mass is 16.5. The molecule has 0 atom stereocenters. The summed E-state index contributed by atoms with van der Waals surface area (Å²) < 4.78 is 22.7. The van der Waals surface area contributed by atoms with E-state index in [1.54, 1.807) is 36.4 Å². The van der Waals surface area contributed by atoms with E-state index >= 15 is 0 Å². The van der Waals surface area contributed by atoms with Gasteiger partial charge in [0, 0.05) is 0 Å². The van der Waals surface area contributed by atoms with E-state index in [1.165, 1.54) is 0 Å². The van der Waals surface area contributed by atoms with Gasteiger partial charge in [0.25, 0.3) is 0 Å². The highest BCUT2D eigenvalue weighted by Gasteiger charge is 2.23. The van der Waals surface area contributed by atoms with Crippen LogP contribution in [0.15, 0.2) is 36.4 Å². The van der Waals surface area contributed by atoms with E-state index in [0.717, 1.165) is 0 Å². The molecule has 2 rings (SSSR count). The highest BCUT2D eigenvalue weighted by Crippen LogP contribution is 2.37. The number of ether oxygens (including phenoxy) is 4. The number of para-hydroxylation sites is 2. The largest absolute Gasteiger partial charge is 0.490 e. The Kier molecular flexibility index (Phi) is 7.33. The summed E-state index contributed by atoms with van der Waals surface area (Å²) in [6.07, 6.45) is 0. The van der Waals surface area contributed by atoms with Crippen molar-refractivity contribution in [2.24, 2.45) is 0 Å². The fraction of sp³-hybridized carbons (Fsp3) is 0.381. The van der Waals surface area contributed by atoms with Gasteiger partial charge >= 0.3 is 0 Å². The van der Waals surface area contributed by atoms with Crippen molar-refractivity contribution in [3.05, 3.63) is 47.5 Å². The van der Waals surface area contributed by atoms with Gasteiger partial charge in [-0.15, -0.1) is 0 Å². The van der Waals surface area contributed by atoms with Crippen molar-refractivity contribution in [2.45, 2.75) is 27.7 Å². The molecular formula is C21H26O5. The van der Waals surface area contributed by atoms with E-state index in [2.05, 4.69) is 0 Å². The molecule has 0 saturated heterocycles. The summed E-state index contributed by atoms with van der Waals surface area (Å²) in [4.78, 5) is 13.3. The summed E-state index contributed by atoms with van der Waals surface area (Å²) in [5, 5.41) is 0. The lowest BCUT2D eigenvalue weighted by atomic mass is 10.0. The normalized spacial score (nSPS) is 10.3. The summed E-state index contributed by atoms with van der Waals surface area (Å²) in [5.74, 6) is 1.82. The topological polar surface area (TPSA) is 54.0 Å². The van der Waals surface area contributed by atoms with Crippen LogP contribution in [0, 0.1) is 0 Å². The van der Waals surface area contributed by atoms with Crippen molar-refractivity contribution >= 4 is 5.78 Å². The van der Waals surface area contributed by atoms with Crippen LogP contribution in [-0.2, 0) is 0 Å². The molecule has 0 saturated carbocycles. The lowest BCUT2D eigenvalue weighted by Crippen LogP contribution is -2.10. The van der Waals surface area contributed by atoms with Gasteiger partial charge < -0.3 is 18.9 Å². The predicted molar refractivity (Wildman–Crippen MR) is 101 cm³/mol. The number of carbonyl (C=O) groups excluding carboxylic acids is 1. The molecule has 0 heterocycles. The molecule has 0 radical (unpaired) electrons. The zero-order chi connectivity index (χ0) is 18.9. The molecule has 0 bridgehead atoms. The maximum atomic E-state index is 13.3. The Morgan fingerprint density at radius 1 is 0.654 bits per heavy atom. The Balaban J connectivity index is 2.55. The van der Waals surface area contributed by atoms with Crippen molar-refractivity contribution in [2.75, 3.05) is 26.4 Å². The summed E-state index contributed by atoms with van der Waals surface area (Å²) >= 11 is 0. The fourth-order valence-electron chi connectivity index (χ4n) is 2.66. The van der Waals surface area contributed by atoms with Crippen LogP contribution in [0.2, 0.25) is 0 Å². The minimum absolute atomic E-state index is 0.194. The molecule has 26 heavy (non-hydrogen) atoms. The van der Waals surface area contributed by atoms with Gasteiger partial charge in [-0.05, 0) is 52.0 Å². The molecule has 2 aromatic rings. The molecule has 0 unspecified atom stereocenters. The molecule has 0 spiro atoms. The second kappa shape index (κ2) is 9.70. The Morgan fingerprint density at radius 2 is 1.04 bits per heavy atom. The molecule has 0 aliphatic carbocycles. The molecule has 0 aliphatic heterocycles. The monoisotopic (exact) mass is 358 g/mol. The van der Waals surface area contributed by atoms with Gasteiger partial charge in [-0.25, -0.2) is 0 Å². The number of ketones is 1. The summed E-state index contributed by atoms with van der Waals surface area (Å²) in [6, 6.07) is 10.6. The van der Waals surface area contributed by atoms with Crippen molar-refractivity contribution in [1.29, 1.82) is 0 Å². The number of carbonyl (C=O) groups is 1. The molecule has 140 valence electrons. The maximum Gasteiger partial charge on any atom is 0.200 e. The first-order valence-electron chi connectivity index (χ1n) is 8.99. The average Bonchev–Trinajstić information content (AvgIpc) is 2.64. The Bertz CT molecular complexity index is 678. The van der Waals surface area contributed by atoms with Gasteiger partial charge in [-0.2, -0.15) is 0 Å². The van der Waals surface area contributed by atoms with Crippen LogP contribution < -0.4 is 18.9 Å². The first-order chi connectivity index (χ1) is 12.7. The molecular weight excluding hydrogens is 332 g/mol. The van der Waals surface area contributed by atoms with Crippen LogP contribution in [-0.4, -0.2) is 32.2 Å². The molecule has 0 amide bonds. The van der Waals surface area contributed by atoms with Gasteiger partial charge in [0.05, 0.1) is 37.6 Å². The average molecular weight is 358 g/mol. The Labute approximate surface area is 154 Å². The number of rotatable bonds is 10. The van der Waals surface area contributed by atoms with Gasteiger partial charge in [0.2, 0.25) is 5.78 Å². The lowest BCUT2D eigenvalue weighted by molar-refractivity contribution is 0.102. The fourth-order valence-corrected chi connectivity index (χ4v) is 2.66. The van der Waals surface area contributed by atoms with E-state index in [1.807, 2.05) is 27.7 Å².